The summed E-state index contributed by atoms with van der Waals surface area (Å²) in [4.78, 5) is 0. The molecule has 142 valence electrons. The van der Waals surface area contributed by atoms with Crippen LogP contribution in [0.5, 0.6) is 0 Å². The standard InChI is InChI=1S/C11H27NSi.C6H16O3Si/c1-9(2)13(10(3)4,11(5)6)12(7)8;1-4-7-10(8-5-2)9-6-3/h9-11H,1-8H3;10H,4-6H2,1-3H3. The van der Waals surface area contributed by atoms with Gasteiger partial charge in [0.05, 0.1) is 0 Å². The van der Waals surface area contributed by atoms with E-state index in [0.29, 0.717) is 19.8 Å². The number of rotatable bonds is 10. The van der Waals surface area contributed by atoms with Crippen molar-refractivity contribution >= 4 is 17.8 Å². The van der Waals surface area contributed by atoms with Crippen molar-refractivity contribution in [2.45, 2.75) is 78.9 Å². The second kappa shape index (κ2) is 13.6. The Bertz CT molecular complexity index is 223. The van der Waals surface area contributed by atoms with Gasteiger partial charge in [-0.3, -0.25) is 0 Å². The molecular weight excluding hydrogens is 322 g/mol. The summed E-state index contributed by atoms with van der Waals surface area (Å²) in [6, 6.07) is 0. The SMILES string of the molecule is CC(C)[Si](C(C)C)(C(C)C)N(C)C.CCO[SiH](OCC)OCC. The van der Waals surface area contributed by atoms with Crippen LogP contribution in [0.25, 0.3) is 0 Å². The summed E-state index contributed by atoms with van der Waals surface area (Å²) in [5, 5.41) is 0. The molecule has 0 radical (unpaired) electrons. The largest absolute Gasteiger partial charge is 0.484 e. The molecule has 0 saturated heterocycles. The van der Waals surface area contributed by atoms with Gasteiger partial charge in [0, 0.05) is 19.8 Å². The van der Waals surface area contributed by atoms with Gasteiger partial charge in [-0.25, -0.2) is 0 Å². The second-order valence-electron chi connectivity index (χ2n) is 6.90. The molecule has 0 rings (SSSR count). The van der Waals surface area contributed by atoms with Gasteiger partial charge < -0.3 is 17.8 Å². The lowest BCUT2D eigenvalue weighted by molar-refractivity contribution is 0.107. The summed E-state index contributed by atoms with van der Waals surface area (Å²) in [7, 11) is 1.53. The minimum Gasteiger partial charge on any atom is -0.376 e. The van der Waals surface area contributed by atoms with Crippen LogP contribution in [0, 0.1) is 0 Å². The van der Waals surface area contributed by atoms with E-state index in [1.165, 1.54) is 0 Å². The summed E-state index contributed by atoms with van der Waals surface area (Å²) in [6.07, 6.45) is 0. The predicted octanol–water partition coefficient (Wildman–Crippen LogP) is 4.54. The van der Waals surface area contributed by atoms with Crippen LogP contribution in [0.15, 0.2) is 0 Å². The third kappa shape index (κ3) is 8.27. The maximum absolute atomic E-state index is 5.22. The van der Waals surface area contributed by atoms with Gasteiger partial charge >= 0.3 is 9.53 Å². The fourth-order valence-electron chi connectivity index (χ4n) is 4.10. The van der Waals surface area contributed by atoms with E-state index in [4.69, 9.17) is 13.3 Å². The summed E-state index contributed by atoms with van der Waals surface area (Å²) in [6.45, 7) is 22.2. The monoisotopic (exact) mass is 365 g/mol. The predicted molar refractivity (Wildman–Crippen MR) is 107 cm³/mol. The van der Waals surface area contributed by atoms with Crippen LogP contribution in [0.4, 0.5) is 0 Å². The zero-order valence-corrected chi connectivity index (χ0v) is 19.8. The molecule has 0 aromatic rings. The Balaban J connectivity index is 0. The van der Waals surface area contributed by atoms with Crippen molar-refractivity contribution < 1.29 is 13.3 Å². The molecule has 0 atom stereocenters. The molecule has 0 amide bonds. The fourth-order valence-corrected chi connectivity index (χ4v) is 12.3. The average Bonchev–Trinajstić information content (AvgIpc) is 2.39. The third-order valence-electron chi connectivity index (χ3n) is 4.46. The summed E-state index contributed by atoms with van der Waals surface area (Å²) >= 11 is 0. The highest BCUT2D eigenvalue weighted by molar-refractivity contribution is 6.80. The second-order valence-corrected chi connectivity index (χ2v) is 14.6. The first-order chi connectivity index (χ1) is 10.6. The van der Waals surface area contributed by atoms with E-state index in [1.54, 1.807) is 0 Å². The lowest BCUT2D eigenvalue weighted by Crippen LogP contribution is -2.56. The Hall–Kier alpha value is 0.274. The molecule has 0 aliphatic carbocycles. The third-order valence-corrected chi connectivity index (χ3v) is 13.4. The minimum atomic E-state index is -1.73. The summed E-state index contributed by atoms with van der Waals surface area (Å²) in [5.74, 6) is 0. The Morgan fingerprint density at radius 2 is 0.957 bits per heavy atom. The molecule has 0 bridgehead atoms. The van der Waals surface area contributed by atoms with Gasteiger partial charge in [-0.1, -0.05) is 41.5 Å². The molecule has 0 heterocycles. The van der Waals surface area contributed by atoms with Crippen molar-refractivity contribution in [1.29, 1.82) is 0 Å². The zero-order chi connectivity index (χ0) is 18.6. The van der Waals surface area contributed by atoms with Gasteiger partial charge in [-0.05, 0) is 51.5 Å². The number of nitrogens with zero attached hydrogens (tertiary/aromatic N) is 1. The van der Waals surface area contributed by atoms with Crippen LogP contribution in [0.1, 0.15) is 62.3 Å². The van der Waals surface area contributed by atoms with Crippen LogP contribution < -0.4 is 0 Å². The van der Waals surface area contributed by atoms with Crippen molar-refractivity contribution in [2.24, 2.45) is 0 Å². The molecular formula is C17H43NO3Si2. The normalized spacial score (nSPS) is 12.5. The molecule has 0 N–H and O–H groups in total. The molecule has 0 spiro atoms. The Morgan fingerprint density at radius 1 is 0.696 bits per heavy atom. The average molecular weight is 366 g/mol. The molecule has 0 fully saturated rings. The van der Waals surface area contributed by atoms with Crippen molar-refractivity contribution in [3.63, 3.8) is 0 Å². The van der Waals surface area contributed by atoms with Gasteiger partial charge in [0.2, 0.25) is 0 Å². The molecule has 0 aliphatic heterocycles. The number of hydrogen-bond donors (Lipinski definition) is 0. The first-order valence-electron chi connectivity index (χ1n) is 9.14. The molecule has 0 aromatic carbocycles. The van der Waals surface area contributed by atoms with Crippen molar-refractivity contribution in [3.8, 4) is 0 Å². The first-order valence-corrected chi connectivity index (χ1v) is 12.7. The zero-order valence-electron chi connectivity index (χ0n) is 17.6. The molecule has 0 unspecified atom stereocenters. The van der Waals surface area contributed by atoms with Crippen LogP contribution >= 0.6 is 0 Å². The molecule has 23 heavy (non-hydrogen) atoms. The topological polar surface area (TPSA) is 30.9 Å². The molecule has 0 aromatic heterocycles. The van der Waals surface area contributed by atoms with Crippen molar-refractivity contribution in [2.75, 3.05) is 33.9 Å². The van der Waals surface area contributed by atoms with Gasteiger partial charge in [-0.15, -0.1) is 0 Å². The lowest BCUT2D eigenvalue weighted by Gasteiger charge is -2.48. The maximum atomic E-state index is 5.22. The number of hydrogen-bond acceptors (Lipinski definition) is 4. The van der Waals surface area contributed by atoms with E-state index >= 15 is 0 Å². The van der Waals surface area contributed by atoms with Crippen LogP contribution in [0.3, 0.4) is 0 Å². The minimum absolute atomic E-state index is 0.677. The lowest BCUT2D eigenvalue weighted by atomic mass is 10.5. The summed E-state index contributed by atoms with van der Waals surface area (Å²) < 4.78 is 18.2. The van der Waals surface area contributed by atoms with E-state index < -0.39 is 17.8 Å². The Labute approximate surface area is 148 Å². The van der Waals surface area contributed by atoms with Crippen LogP contribution in [-0.2, 0) is 13.3 Å². The first kappa shape index (κ1) is 25.5. The van der Waals surface area contributed by atoms with E-state index in [1.807, 2.05) is 20.8 Å². The summed E-state index contributed by atoms with van der Waals surface area (Å²) in [5.41, 5.74) is 2.51. The molecule has 4 nitrogen and oxygen atoms in total. The quantitative estimate of drug-likeness (QED) is 0.532. The van der Waals surface area contributed by atoms with Crippen LogP contribution in [0.2, 0.25) is 16.6 Å². The molecule has 0 saturated carbocycles. The van der Waals surface area contributed by atoms with E-state index in [2.05, 4.69) is 60.2 Å². The van der Waals surface area contributed by atoms with E-state index in [-0.39, 0.29) is 0 Å². The Morgan fingerprint density at radius 3 is 1.04 bits per heavy atom. The van der Waals surface area contributed by atoms with Crippen molar-refractivity contribution in [3.05, 3.63) is 0 Å². The fraction of sp³-hybridized carbons (Fsp3) is 1.00. The Kier molecular flexibility index (Phi) is 15.0. The highest BCUT2D eigenvalue weighted by Gasteiger charge is 2.44. The highest BCUT2D eigenvalue weighted by Crippen LogP contribution is 2.42. The van der Waals surface area contributed by atoms with Gasteiger partial charge in [0.1, 0.15) is 8.24 Å². The smallest absolute Gasteiger partial charge is 0.376 e. The maximum Gasteiger partial charge on any atom is 0.484 e. The van der Waals surface area contributed by atoms with Crippen LogP contribution in [-0.4, -0.2) is 56.2 Å². The van der Waals surface area contributed by atoms with Gasteiger partial charge in [0.25, 0.3) is 0 Å². The van der Waals surface area contributed by atoms with Crippen molar-refractivity contribution in [1.82, 2.24) is 4.57 Å². The van der Waals surface area contributed by atoms with E-state index in [0.717, 1.165) is 16.6 Å². The van der Waals surface area contributed by atoms with Gasteiger partial charge in [0.15, 0.2) is 0 Å². The molecule has 6 heteroatoms. The highest BCUT2D eigenvalue weighted by atomic mass is 28.3. The van der Waals surface area contributed by atoms with Gasteiger partial charge in [-0.2, -0.15) is 0 Å². The molecule has 0 aliphatic rings. The van der Waals surface area contributed by atoms with E-state index in [9.17, 15) is 0 Å².